The van der Waals surface area contributed by atoms with E-state index in [2.05, 4.69) is 247 Å². The zero-order chi connectivity index (χ0) is 44.2. The number of hydrogen-bond donors (Lipinski definition) is 0. The molecule has 0 aromatic heterocycles. The molecular formula is C62H56N2. The van der Waals surface area contributed by atoms with Gasteiger partial charge in [-0.15, -0.1) is 0 Å². The summed E-state index contributed by atoms with van der Waals surface area (Å²) in [5.41, 5.74) is 19.5. The molecule has 0 unspecified atom stereocenters. The highest BCUT2D eigenvalue weighted by atomic mass is 15.2. The third kappa shape index (κ3) is 6.99. The van der Waals surface area contributed by atoms with Crippen LogP contribution in [0.5, 0.6) is 0 Å². The first-order valence-corrected chi connectivity index (χ1v) is 22.9. The summed E-state index contributed by atoms with van der Waals surface area (Å²) < 4.78 is 0. The lowest BCUT2D eigenvalue weighted by atomic mass is 9.83. The highest BCUT2D eigenvalue weighted by molar-refractivity contribution is 6.29. The number of rotatable bonds is 10. The maximum absolute atomic E-state index is 2.55. The fourth-order valence-corrected chi connectivity index (χ4v) is 10.1. The molecule has 0 saturated heterocycles. The SMILES string of the molecule is Cc1ccc(N(c2c(C)cccc2-c2ccccc2)c2cc(C(C)C)c3ccc4c(N(c5ccc(C)cc5)c5c(C)cccc5-c5ccccc5)cc(C(C)C)c5ccc2c3c54)cc1. The zero-order valence-electron chi connectivity index (χ0n) is 38.4. The number of aryl methyl sites for hydroxylation is 4. The Bertz CT molecular complexity index is 3060. The van der Waals surface area contributed by atoms with Crippen LogP contribution in [0.3, 0.4) is 0 Å². The van der Waals surface area contributed by atoms with E-state index in [9.17, 15) is 0 Å². The van der Waals surface area contributed by atoms with E-state index in [1.54, 1.807) is 0 Å². The van der Waals surface area contributed by atoms with Crippen molar-refractivity contribution >= 4 is 66.4 Å². The molecule has 0 aliphatic heterocycles. The minimum absolute atomic E-state index is 0.280. The average Bonchev–Trinajstić information content (AvgIpc) is 3.31. The molecule has 0 bridgehead atoms. The van der Waals surface area contributed by atoms with Gasteiger partial charge in [-0.1, -0.05) is 184 Å². The van der Waals surface area contributed by atoms with Crippen molar-refractivity contribution in [3.8, 4) is 22.3 Å². The van der Waals surface area contributed by atoms with E-state index >= 15 is 0 Å². The van der Waals surface area contributed by atoms with Crippen LogP contribution in [-0.2, 0) is 0 Å². The number of benzene rings is 10. The van der Waals surface area contributed by atoms with Crippen molar-refractivity contribution in [2.24, 2.45) is 0 Å². The van der Waals surface area contributed by atoms with Gasteiger partial charge in [0, 0.05) is 33.3 Å². The van der Waals surface area contributed by atoms with Crippen LogP contribution in [0.25, 0.3) is 54.6 Å². The Morgan fingerprint density at radius 3 is 1.06 bits per heavy atom. The number of para-hydroxylation sites is 2. The standard InChI is InChI=1S/C62H56N2/c1-39(2)55-37-57(63(47-29-25-41(5)26-30-47)61-43(7)17-15-23-49(61)45-19-11-9-12-20-45)53-36-34-52-56(40(3)4)38-58(54-35-33-51(55)59(53)60(52)54)64(48-31-27-42(6)28-32-48)62-44(8)18-16-24-50(62)46-21-13-10-14-22-46/h9-40H,1-8H3. The third-order valence-corrected chi connectivity index (χ3v) is 13.3. The number of anilines is 6. The molecule has 2 heteroatoms. The molecule has 0 radical (unpaired) electrons. The smallest absolute Gasteiger partial charge is 0.0569 e. The summed E-state index contributed by atoms with van der Waals surface area (Å²) in [6.07, 6.45) is 0. The fraction of sp³-hybridized carbons (Fsp3) is 0.161. The molecule has 2 nitrogen and oxygen atoms in total. The van der Waals surface area contributed by atoms with Crippen LogP contribution in [0, 0.1) is 27.7 Å². The topological polar surface area (TPSA) is 6.48 Å². The molecule has 10 aromatic rings. The van der Waals surface area contributed by atoms with Crippen molar-refractivity contribution in [1.29, 1.82) is 0 Å². The van der Waals surface area contributed by atoms with Gasteiger partial charge in [0.05, 0.1) is 22.7 Å². The zero-order valence-corrected chi connectivity index (χ0v) is 38.4. The van der Waals surface area contributed by atoms with E-state index in [1.807, 2.05) is 0 Å². The van der Waals surface area contributed by atoms with Gasteiger partial charge in [-0.25, -0.2) is 0 Å². The predicted octanol–water partition coefficient (Wildman–Crippen LogP) is 18.3. The molecule has 0 fully saturated rings. The van der Waals surface area contributed by atoms with Gasteiger partial charge in [-0.05, 0) is 131 Å². The molecule has 64 heavy (non-hydrogen) atoms. The van der Waals surface area contributed by atoms with E-state index in [-0.39, 0.29) is 11.8 Å². The monoisotopic (exact) mass is 828 g/mol. The first-order chi connectivity index (χ1) is 31.1. The maximum atomic E-state index is 2.55. The lowest BCUT2D eigenvalue weighted by Crippen LogP contribution is -2.15. The molecule has 0 amide bonds. The second kappa shape index (κ2) is 16.5. The van der Waals surface area contributed by atoms with Crippen molar-refractivity contribution in [2.75, 3.05) is 9.80 Å². The molecule has 0 saturated carbocycles. The fourth-order valence-electron chi connectivity index (χ4n) is 10.1. The van der Waals surface area contributed by atoms with Crippen LogP contribution >= 0.6 is 0 Å². The second-order valence-corrected chi connectivity index (χ2v) is 18.4. The predicted molar refractivity (Wildman–Crippen MR) is 278 cm³/mol. The average molecular weight is 829 g/mol. The van der Waals surface area contributed by atoms with Crippen molar-refractivity contribution in [3.05, 3.63) is 215 Å². The Balaban J connectivity index is 1.35. The summed E-state index contributed by atoms with van der Waals surface area (Å²) in [7, 11) is 0. The molecule has 10 aromatic carbocycles. The van der Waals surface area contributed by atoms with E-state index in [0.29, 0.717) is 0 Å². The van der Waals surface area contributed by atoms with Crippen LogP contribution < -0.4 is 9.80 Å². The lowest BCUT2D eigenvalue weighted by Gasteiger charge is -2.34. The molecule has 0 heterocycles. The summed E-state index contributed by atoms with van der Waals surface area (Å²) in [5.74, 6) is 0.560. The van der Waals surface area contributed by atoms with E-state index in [1.165, 1.54) is 111 Å². The highest BCUT2D eigenvalue weighted by Gasteiger charge is 2.28. The minimum Gasteiger partial charge on any atom is -0.309 e. The van der Waals surface area contributed by atoms with Gasteiger partial charge in [0.2, 0.25) is 0 Å². The second-order valence-electron chi connectivity index (χ2n) is 18.4. The highest BCUT2D eigenvalue weighted by Crippen LogP contribution is 2.53. The first-order valence-electron chi connectivity index (χ1n) is 22.9. The summed E-state index contributed by atoms with van der Waals surface area (Å²) in [6, 6.07) is 68.1. The maximum Gasteiger partial charge on any atom is 0.0569 e. The minimum atomic E-state index is 0.280. The van der Waals surface area contributed by atoms with Crippen LogP contribution in [0.1, 0.15) is 72.9 Å². The molecular weight excluding hydrogens is 773 g/mol. The number of nitrogens with zero attached hydrogens (tertiary/aromatic N) is 2. The van der Waals surface area contributed by atoms with Crippen LogP contribution in [0.15, 0.2) is 182 Å². The van der Waals surface area contributed by atoms with Crippen molar-refractivity contribution in [2.45, 2.75) is 67.2 Å². The molecule has 0 spiro atoms. The van der Waals surface area contributed by atoms with Gasteiger partial charge in [0.1, 0.15) is 0 Å². The van der Waals surface area contributed by atoms with Crippen molar-refractivity contribution in [1.82, 2.24) is 0 Å². The third-order valence-electron chi connectivity index (χ3n) is 13.3. The Labute approximate surface area is 379 Å². The van der Waals surface area contributed by atoms with Gasteiger partial charge in [0.25, 0.3) is 0 Å². The first kappa shape index (κ1) is 40.9. The quantitative estimate of drug-likeness (QED) is 0.127. The van der Waals surface area contributed by atoms with Gasteiger partial charge in [0.15, 0.2) is 0 Å². The Kier molecular flexibility index (Phi) is 10.6. The largest absolute Gasteiger partial charge is 0.309 e. The van der Waals surface area contributed by atoms with Crippen LogP contribution in [0.4, 0.5) is 34.1 Å². The summed E-state index contributed by atoms with van der Waals surface area (Å²) in [4.78, 5) is 5.11. The van der Waals surface area contributed by atoms with Gasteiger partial charge < -0.3 is 9.80 Å². The van der Waals surface area contributed by atoms with E-state index in [4.69, 9.17) is 0 Å². The van der Waals surface area contributed by atoms with E-state index < -0.39 is 0 Å². The summed E-state index contributed by atoms with van der Waals surface area (Å²) >= 11 is 0. The van der Waals surface area contributed by atoms with Crippen molar-refractivity contribution in [3.63, 3.8) is 0 Å². The van der Waals surface area contributed by atoms with Crippen LogP contribution in [-0.4, -0.2) is 0 Å². The van der Waals surface area contributed by atoms with Gasteiger partial charge >= 0.3 is 0 Å². The summed E-state index contributed by atoms with van der Waals surface area (Å²) in [6.45, 7) is 18.3. The normalized spacial score (nSPS) is 11.7. The molecule has 0 aliphatic rings. The lowest BCUT2D eigenvalue weighted by molar-refractivity contribution is 0.875. The molecule has 314 valence electrons. The Hall–Kier alpha value is -7.16. The van der Waals surface area contributed by atoms with E-state index in [0.717, 1.165) is 11.4 Å². The van der Waals surface area contributed by atoms with Gasteiger partial charge in [-0.3, -0.25) is 0 Å². The Morgan fingerprint density at radius 2 is 0.703 bits per heavy atom. The summed E-state index contributed by atoms with van der Waals surface area (Å²) in [5, 5.41) is 7.77. The van der Waals surface area contributed by atoms with Crippen LogP contribution in [0.2, 0.25) is 0 Å². The number of hydrogen-bond acceptors (Lipinski definition) is 2. The molecule has 10 rings (SSSR count). The molecule has 0 N–H and O–H groups in total. The molecule has 0 aliphatic carbocycles. The Morgan fingerprint density at radius 1 is 0.344 bits per heavy atom. The van der Waals surface area contributed by atoms with Gasteiger partial charge in [-0.2, -0.15) is 0 Å². The van der Waals surface area contributed by atoms with Crippen molar-refractivity contribution < 1.29 is 0 Å². The molecule has 0 atom stereocenters.